The van der Waals surface area contributed by atoms with Crippen molar-refractivity contribution in [3.05, 3.63) is 34.6 Å². The molecule has 1 aliphatic heterocycles. The molecule has 0 amide bonds. The number of carboxylic acid groups (broad SMARTS) is 1. The number of halogens is 1. The third-order valence-electron chi connectivity index (χ3n) is 2.65. The van der Waals surface area contributed by atoms with E-state index in [0.29, 0.717) is 0 Å². The number of ether oxygens (including phenoxy) is 1. The number of hydrogen-bond donors (Lipinski definition) is 2. The molecule has 1 heterocycles. The first kappa shape index (κ1) is 11.0. The summed E-state index contributed by atoms with van der Waals surface area (Å²) in [5.74, 6) is -1.88. The van der Waals surface area contributed by atoms with Crippen LogP contribution < -0.4 is 0 Å². The maximum atomic E-state index is 13.6. The highest BCUT2D eigenvalue weighted by Gasteiger charge is 2.33. The number of carboxylic acids is 1. The van der Waals surface area contributed by atoms with Crippen molar-refractivity contribution >= 4 is 5.97 Å². The second-order valence-corrected chi connectivity index (χ2v) is 4.06. The van der Waals surface area contributed by atoms with E-state index in [9.17, 15) is 14.3 Å². The van der Waals surface area contributed by atoms with E-state index in [1.54, 1.807) is 0 Å². The van der Waals surface area contributed by atoms with Gasteiger partial charge in [-0.1, -0.05) is 0 Å². The number of rotatable bonds is 1. The quantitative estimate of drug-likeness (QED) is 0.756. The van der Waals surface area contributed by atoms with Crippen molar-refractivity contribution in [2.24, 2.45) is 0 Å². The van der Waals surface area contributed by atoms with E-state index >= 15 is 0 Å². The lowest BCUT2D eigenvalue weighted by atomic mass is 9.88. The van der Waals surface area contributed by atoms with Crippen molar-refractivity contribution in [1.82, 2.24) is 0 Å². The summed E-state index contributed by atoms with van der Waals surface area (Å²) in [6.07, 6.45) is 0. The number of benzene rings is 1. The van der Waals surface area contributed by atoms with Crippen molar-refractivity contribution in [2.45, 2.75) is 19.1 Å². The molecule has 2 rings (SSSR count). The fourth-order valence-electron chi connectivity index (χ4n) is 1.82. The molecule has 86 valence electrons. The van der Waals surface area contributed by atoms with Gasteiger partial charge in [-0.05, 0) is 24.6 Å². The topological polar surface area (TPSA) is 66.8 Å². The van der Waals surface area contributed by atoms with E-state index in [0.717, 1.165) is 6.07 Å². The van der Waals surface area contributed by atoms with Crippen molar-refractivity contribution < 1.29 is 24.1 Å². The first-order chi connectivity index (χ1) is 7.42. The second kappa shape index (κ2) is 3.54. The zero-order valence-electron chi connectivity index (χ0n) is 8.66. The minimum absolute atomic E-state index is 0.0303. The van der Waals surface area contributed by atoms with Gasteiger partial charge in [0.15, 0.2) is 0 Å². The summed E-state index contributed by atoms with van der Waals surface area (Å²) in [4.78, 5) is 10.8. The van der Waals surface area contributed by atoms with Gasteiger partial charge >= 0.3 is 5.97 Å². The first-order valence-corrected chi connectivity index (χ1v) is 4.78. The highest BCUT2D eigenvalue weighted by molar-refractivity contribution is 5.88. The molecule has 1 aromatic carbocycles. The van der Waals surface area contributed by atoms with Crippen LogP contribution in [-0.2, 0) is 16.9 Å². The number of fused-ring (bicyclic) bond motifs is 1. The van der Waals surface area contributed by atoms with Gasteiger partial charge in [-0.2, -0.15) is 0 Å². The molecule has 0 fully saturated rings. The van der Waals surface area contributed by atoms with Crippen LogP contribution >= 0.6 is 0 Å². The molecule has 2 N–H and O–H groups in total. The largest absolute Gasteiger partial charge is 0.478 e. The average Bonchev–Trinajstić information content (AvgIpc) is 2.18. The summed E-state index contributed by atoms with van der Waals surface area (Å²) in [5, 5.41) is 18.8. The normalized spacial score (nSPS) is 23.9. The van der Waals surface area contributed by atoms with Crippen LogP contribution in [0, 0.1) is 5.82 Å². The molecule has 0 saturated carbocycles. The summed E-state index contributed by atoms with van der Waals surface area (Å²) >= 11 is 0. The molecule has 0 bridgehead atoms. The summed E-state index contributed by atoms with van der Waals surface area (Å²) in [5.41, 5.74) is -1.00. The SMILES string of the molecule is CC1(O)COCc2c(F)cc(C(=O)O)cc21. The first-order valence-electron chi connectivity index (χ1n) is 4.78. The molecule has 1 aromatic rings. The monoisotopic (exact) mass is 226 g/mol. The summed E-state index contributed by atoms with van der Waals surface area (Å²) in [7, 11) is 0. The van der Waals surface area contributed by atoms with Crippen LogP contribution in [-0.4, -0.2) is 22.8 Å². The zero-order valence-corrected chi connectivity index (χ0v) is 8.66. The summed E-state index contributed by atoms with van der Waals surface area (Å²) in [6, 6.07) is 2.23. The third kappa shape index (κ3) is 1.68. The summed E-state index contributed by atoms with van der Waals surface area (Å²) in [6.45, 7) is 1.55. The standard InChI is InChI=1S/C11H11FO4/c1-11(15)5-16-4-7-8(11)2-6(10(13)14)3-9(7)12/h2-3,15H,4-5H2,1H3,(H,13,14). The van der Waals surface area contributed by atoms with Gasteiger partial charge in [0.25, 0.3) is 0 Å². The Morgan fingerprint density at radius 3 is 2.88 bits per heavy atom. The predicted molar refractivity (Wildman–Crippen MR) is 52.6 cm³/mol. The number of aliphatic hydroxyl groups is 1. The van der Waals surface area contributed by atoms with Gasteiger partial charge in [0.1, 0.15) is 11.4 Å². The molecule has 1 aliphatic rings. The molecule has 0 saturated heterocycles. The van der Waals surface area contributed by atoms with Gasteiger partial charge in [0.05, 0.1) is 18.8 Å². The van der Waals surface area contributed by atoms with Crippen LogP contribution in [0.15, 0.2) is 12.1 Å². The Morgan fingerprint density at radius 2 is 2.25 bits per heavy atom. The van der Waals surface area contributed by atoms with Crippen LogP contribution in [0.5, 0.6) is 0 Å². The van der Waals surface area contributed by atoms with E-state index in [1.807, 2.05) is 0 Å². The lowest BCUT2D eigenvalue weighted by molar-refractivity contribution is -0.0615. The van der Waals surface area contributed by atoms with Crippen molar-refractivity contribution in [3.63, 3.8) is 0 Å². The zero-order chi connectivity index (χ0) is 11.9. The highest BCUT2D eigenvalue weighted by atomic mass is 19.1. The second-order valence-electron chi connectivity index (χ2n) is 4.06. The minimum Gasteiger partial charge on any atom is -0.478 e. The molecule has 0 aromatic heterocycles. The van der Waals surface area contributed by atoms with E-state index in [2.05, 4.69) is 0 Å². The lowest BCUT2D eigenvalue weighted by Gasteiger charge is -2.31. The fourth-order valence-corrected chi connectivity index (χ4v) is 1.82. The van der Waals surface area contributed by atoms with Crippen LogP contribution in [0.1, 0.15) is 28.4 Å². The smallest absolute Gasteiger partial charge is 0.335 e. The predicted octanol–water partition coefficient (Wildman–Crippen LogP) is 1.26. The maximum Gasteiger partial charge on any atom is 0.335 e. The highest BCUT2D eigenvalue weighted by Crippen LogP contribution is 2.32. The van der Waals surface area contributed by atoms with Gasteiger partial charge in [0.2, 0.25) is 0 Å². The molecular weight excluding hydrogens is 215 g/mol. The Morgan fingerprint density at radius 1 is 1.56 bits per heavy atom. The van der Waals surface area contributed by atoms with Crippen molar-refractivity contribution in [3.8, 4) is 0 Å². The molecule has 1 atom stereocenters. The third-order valence-corrected chi connectivity index (χ3v) is 2.65. The van der Waals surface area contributed by atoms with Crippen LogP contribution in [0.3, 0.4) is 0 Å². The number of aromatic carboxylic acids is 1. The average molecular weight is 226 g/mol. The Labute approximate surface area is 91.3 Å². The van der Waals surface area contributed by atoms with Gasteiger partial charge in [-0.25, -0.2) is 9.18 Å². The molecule has 0 aliphatic carbocycles. The van der Waals surface area contributed by atoms with Crippen molar-refractivity contribution in [1.29, 1.82) is 0 Å². The minimum atomic E-state index is -1.35. The number of hydrogen-bond acceptors (Lipinski definition) is 3. The van der Waals surface area contributed by atoms with E-state index in [4.69, 9.17) is 9.84 Å². The lowest BCUT2D eigenvalue weighted by Crippen LogP contribution is -2.34. The molecule has 1 unspecified atom stereocenters. The fraction of sp³-hybridized carbons (Fsp3) is 0.364. The van der Waals surface area contributed by atoms with Gasteiger partial charge in [0, 0.05) is 5.56 Å². The molecule has 0 radical (unpaired) electrons. The van der Waals surface area contributed by atoms with Crippen LogP contribution in [0.25, 0.3) is 0 Å². The van der Waals surface area contributed by atoms with Crippen LogP contribution in [0.4, 0.5) is 4.39 Å². The Balaban J connectivity index is 2.64. The number of carbonyl (C=O) groups is 1. The van der Waals surface area contributed by atoms with E-state index in [-0.39, 0.29) is 29.9 Å². The molecule has 4 nitrogen and oxygen atoms in total. The molecule has 0 spiro atoms. The van der Waals surface area contributed by atoms with Gasteiger partial charge < -0.3 is 14.9 Å². The molecular formula is C11H11FO4. The summed E-state index contributed by atoms with van der Waals surface area (Å²) < 4.78 is 18.6. The maximum absolute atomic E-state index is 13.6. The van der Waals surface area contributed by atoms with Crippen molar-refractivity contribution in [2.75, 3.05) is 6.61 Å². The van der Waals surface area contributed by atoms with Gasteiger partial charge in [-0.3, -0.25) is 0 Å². The van der Waals surface area contributed by atoms with Gasteiger partial charge in [-0.15, -0.1) is 0 Å². The molecule has 16 heavy (non-hydrogen) atoms. The Hall–Kier alpha value is -1.46. The van der Waals surface area contributed by atoms with E-state index < -0.39 is 17.4 Å². The van der Waals surface area contributed by atoms with E-state index in [1.165, 1.54) is 13.0 Å². The molecule has 5 heteroatoms. The van der Waals surface area contributed by atoms with Crippen LogP contribution in [0.2, 0.25) is 0 Å². The Bertz CT molecular complexity index is 454. The Kier molecular flexibility index (Phi) is 2.44.